The van der Waals surface area contributed by atoms with Gasteiger partial charge in [-0.25, -0.2) is 0 Å². The Bertz CT molecular complexity index is 1200. The lowest BCUT2D eigenvalue weighted by molar-refractivity contribution is -0.374. The molecule has 10 unspecified atom stereocenters. The first-order chi connectivity index (χ1) is 27.1. The zero-order valence-electron chi connectivity index (χ0n) is 39.1. The van der Waals surface area contributed by atoms with Crippen LogP contribution in [0.25, 0.3) is 0 Å². The molecule has 0 amide bonds. The summed E-state index contributed by atoms with van der Waals surface area (Å²) in [7, 11) is 1.71. The van der Waals surface area contributed by atoms with Gasteiger partial charge in [-0.05, 0) is 67.6 Å². The van der Waals surface area contributed by atoms with E-state index >= 15 is 0 Å². The molecule has 5 fully saturated rings. The molecular weight excluding hydrogens is 725 g/mol. The number of hydrogen-bond donors (Lipinski definition) is 0. The molecule has 5 aliphatic rings. The van der Waals surface area contributed by atoms with Crippen LogP contribution in [-0.2, 0) is 47.4 Å². The molecule has 0 saturated carbocycles. The van der Waals surface area contributed by atoms with Crippen molar-refractivity contribution in [3.05, 3.63) is 0 Å². The molecule has 25 atom stereocenters. The van der Waals surface area contributed by atoms with Crippen molar-refractivity contribution in [2.45, 2.75) is 229 Å². The number of rotatable bonds is 14. The van der Waals surface area contributed by atoms with Gasteiger partial charge in [0.2, 0.25) is 0 Å². The lowest BCUT2D eigenvalue weighted by Gasteiger charge is -2.52. The van der Waals surface area contributed by atoms with Crippen molar-refractivity contribution < 1.29 is 47.4 Å². The maximum absolute atomic E-state index is 7.29. The molecule has 10 nitrogen and oxygen atoms in total. The zero-order chi connectivity index (χ0) is 42.0. The van der Waals surface area contributed by atoms with Crippen molar-refractivity contribution in [3.8, 4) is 0 Å². The molecule has 0 aromatic rings. The third kappa shape index (κ3) is 9.81. The van der Waals surface area contributed by atoms with Gasteiger partial charge in [0, 0.05) is 36.7 Å². The molecule has 334 valence electrons. The maximum atomic E-state index is 7.29. The van der Waals surface area contributed by atoms with Crippen molar-refractivity contribution >= 4 is 0 Å². The largest absolute Gasteiger partial charge is 0.353 e. The summed E-state index contributed by atoms with van der Waals surface area (Å²) in [6, 6.07) is 0. The summed E-state index contributed by atoms with van der Waals surface area (Å²) < 4.78 is 68.1. The molecule has 0 aromatic carbocycles. The van der Waals surface area contributed by atoms with E-state index in [1.165, 1.54) is 0 Å². The Morgan fingerprint density at radius 3 is 0.947 bits per heavy atom. The summed E-state index contributed by atoms with van der Waals surface area (Å²) in [6.07, 6.45) is 1.70. The molecule has 0 N–H and O–H groups in total. The van der Waals surface area contributed by atoms with Gasteiger partial charge in [0.25, 0.3) is 0 Å². The Morgan fingerprint density at radius 2 is 0.561 bits per heavy atom. The van der Waals surface area contributed by atoms with Crippen LogP contribution in [0.1, 0.15) is 143 Å². The Labute approximate surface area is 348 Å². The van der Waals surface area contributed by atoms with Gasteiger partial charge in [0.1, 0.15) is 12.2 Å². The molecule has 5 heterocycles. The highest BCUT2D eigenvalue weighted by atomic mass is 16.8. The summed E-state index contributed by atoms with van der Waals surface area (Å²) in [5.41, 5.74) is 0. The predicted molar refractivity (Wildman–Crippen MR) is 222 cm³/mol. The van der Waals surface area contributed by atoms with Crippen LogP contribution in [0.15, 0.2) is 0 Å². The van der Waals surface area contributed by atoms with Gasteiger partial charge in [-0.2, -0.15) is 0 Å². The van der Waals surface area contributed by atoms with Gasteiger partial charge >= 0.3 is 0 Å². The van der Waals surface area contributed by atoms with Crippen LogP contribution in [0, 0.1) is 65.1 Å². The topological polar surface area (TPSA) is 92.3 Å². The van der Waals surface area contributed by atoms with Gasteiger partial charge in [-0.3, -0.25) is 0 Å². The highest BCUT2D eigenvalue weighted by Gasteiger charge is 2.53. The van der Waals surface area contributed by atoms with Crippen molar-refractivity contribution in [2.75, 3.05) is 7.11 Å². The average Bonchev–Trinajstić information content (AvgIpc) is 3.20. The van der Waals surface area contributed by atoms with Crippen LogP contribution in [0.3, 0.4) is 0 Å². The second kappa shape index (κ2) is 20.6. The van der Waals surface area contributed by atoms with Crippen molar-refractivity contribution in [3.63, 3.8) is 0 Å². The fraction of sp³-hybridized carbons (Fsp3) is 1.00. The minimum Gasteiger partial charge on any atom is -0.353 e. The molecule has 5 aliphatic heterocycles. The smallest absolute Gasteiger partial charge is 0.184 e. The van der Waals surface area contributed by atoms with E-state index in [2.05, 4.69) is 111 Å². The third-order valence-electron chi connectivity index (χ3n) is 16.1. The minimum absolute atomic E-state index is 0.0323. The van der Waals surface area contributed by atoms with Crippen LogP contribution in [0.4, 0.5) is 0 Å². The van der Waals surface area contributed by atoms with E-state index in [9.17, 15) is 0 Å². The molecule has 5 rings (SSSR count). The van der Waals surface area contributed by atoms with E-state index < -0.39 is 25.2 Å². The van der Waals surface area contributed by atoms with Gasteiger partial charge in [0.05, 0.1) is 42.7 Å². The molecule has 0 aromatic heterocycles. The number of ether oxygens (including phenoxy) is 10. The van der Waals surface area contributed by atoms with Gasteiger partial charge < -0.3 is 47.4 Å². The van der Waals surface area contributed by atoms with E-state index in [4.69, 9.17) is 47.4 Å². The van der Waals surface area contributed by atoms with E-state index in [1.54, 1.807) is 7.11 Å². The first kappa shape index (κ1) is 47.6. The molecule has 0 bridgehead atoms. The second-order valence-corrected chi connectivity index (χ2v) is 19.3. The summed E-state index contributed by atoms with van der Waals surface area (Å²) in [5.74, 6) is 2.42. The molecule has 5 saturated heterocycles. The number of methoxy groups -OCH3 is 1. The fourth-order valence-electron chi connectivity index (χ4n) is 11.1. The van der Waals surface area contributed by atoms with Crippen molar-refractivity contribution in [2.24, 2.45) is 65.1 Å². The molecule has 10 heteroatoms. The molecule has 0 radical (unpaired) electrons. The first-order valence-corrected chi connectivity index (χ1v) is 23.5. The Morgan fingerprint density at radius 1 is 0.281 bits per heavy atom. The van der Waals surface area contributed by atoms with Crippen molar-refractivity contribution in [1.29, 1.82) is 0 Å². The third-order valence-corrected chi connectivity index (χ3v) is 16.1. The summed E-state index contributed by atoms with van der Waals surface area (Å²) in [6.45, 7) is 35.9. The van der Waals surface area contributed by atoms with Gasteiger partial charge in [-0.1, -0.05) is 111 Å². The highest BCUT2D eigenvalue weighted by molar-refractivity contribution is 4.94. The second-order valence-electron chi connectivity index (χ2n) is 19.3. The van der Waals surface area contributed by atoms with E-state index in [1.807, 2.05) is 0 Å². The quantitative estimate of drug-likeness (QED) is 0.169. The van der Waals surface area contributed by atoms with Crippen LogP contribution in [0.2, 0.25) is 0 Å². The predicted octanol–water partition coefficient (Wildman–Crippen LogP) is 9.85. The average molecular weight is 811 g/mol. The lowest BCUT2D eigenvalue weighted by Crippen LogP contribution is -2.60. The Balaban J connectivity index is 1.37. The minimum atomic E-state index is -0.538. The van der Waals surface area contributed by atoms with Crippen LogP contribution in [0.5, 0.6) is 0 Å². The van der Waals surface area contributed by atoms with E-state index in [0.29, 0.717) is 23.7 Å². The molecule has 57 heavy (non-hydrogen) atoms. The van der Waals surface area contributed by atoms with Crippen LogP contribution in [-0.4, -0.2) is 93.5 Å². The van der Waals surface area contributed by atoms with Gasteiger partial charge in [-0.15, -0.1) is 0 Å². The first-order valence-electron chi connectivity index (χ1n) is 23.5. The van der Waals surface area contributed by atoms with Gasteiger partial charge in [0.15, 0.2) is 31.5 Å². The summed E-state index contributed by atoms with van der Waals surface area (Å²) in [4.78, 5) is 0. The zero-order valence-corrected chi connectivity index (χ0v) is 39.1. The normalized spacial score (nSPS) is 52.5. The summed E-state index contributed by atoms with van der Waals surface area (Å²) >= 11 is 0. The molecular formula is C47H86O10. The van der Waals surface area contributed by atoms with Crippen molar-refractivity contribution in [1.82, 2.24) is 0 Å². The standard InChI is InChI=1S/C47H86O10/c1-18-34-24(7)23(6)29(12)43(49-34)57-42-28(11)26(9)36(20-3)53-47(42)55-40-31(14)38(22-5)50-44(33(40)16)54-39-30(13)37(21-4)51-45(32(39)15)56-41-27(10)25(8)35(19-2)52-46(41)48-17/h23-47H,18-22H2,1-17H3/t23-,24-,25-,26-,27-,28-,29?,30+,31+,32?,33?,34?,35?,36?,37?,38?,39-,40-,41?,42?,43+,44+,45+,46-,47+/m0/s1. The summed E-state index contributed by atoms with van der Waals surface area (Å²) in [5, 5.41) is 0. The molecule has 0 spiro atoms. The monoisotopic (exact) mass is 811 g/mol. The number of hydrogen-bond acceptors (Lipinski definition) is 10. The Kier molecular flexibility index (Phi) is 17.3. The molecule has 0 aliphatic carbocycles. The Hall–Kier alpha value is -0.400. The fourth-order valence-corrected chi connectivity index (χ4v) is 11.1. The SMILES string of the molecule is CCC1O[C@H](OC2[C@@H](O[C@@H]3C(C)[C@@H](O[C@@H]4C(C)[C@@H](OC5[C@@H](OC)OC(CC)[C@@H](C)[C@@H]5C)OC(CC)[C@H]4C)OC(CC)[C@H]3C)OC(CC)[C@@H](C)[C@@H]2C)C(C)[C@@H](C)[C@@H]1C. The highest BCUT2D eigenvalue weighted by Crippen LogP contribution is 2.45. The van der Waals surface area contributed by atoms with Crippen LogP contribution < -0.4 is 0 Å². The maximum Gasteiger partial charge on any atom is 0.184 e. The van der Waals surface area contributed by atoms with E-state index in [0.717, 1.165) is 32.1 Å². The van der Waals surface area contributed by atoms with E-state index in [-0.39, 0.29) is 103 Å². The lowest BCUT2D eigenvalue weighted by atomic mass is 9.78. The van der Waals surface area contributed by atoms with Crippen LogP contribution >= 0.6 is 0 Å².